The minimum Gasteiger partial charge on any atom is -0.333 e. The number of rotatable bonds is 5. The molecule has 0 aliphatic carbocycles. The minimum atomic E-state index is -0.147. The fourth-order valence-electron chi connectivity index (χ4n) is 1.87. The number of hydrogen-bond donors (Lipinski definition) is 1. The van der Waals surface area contributed by atoms with Gasteiger partial charge in [-0.3, -0.25) is 4.79 Å². The summed E-state index contributed by atoms with van der Waals surface area (Å²) in [5, 5.41) is 10.9. The molecule has 1 N–H and O–H groups in total. The van der Waals surface area contributed by atoms with Crippen LogP contribution in [0.25, 0.3) is 11.0 Å². The Morgan fingerprint density at radius 2 is 1.96 bits per heavy atom. The summed E-state index contributed by atoms with van der Waals surface area (Å²) in [6.07, 6.45) is 9.09. The van der Waals surface area contributed by atoms with Gasteiger partial charge in [0.15, 0.2) is 0 Å². The number of nitrogens with one attached hydrogen (secondary N) is 1. The van der Waals surface area contributed by atoms with Crippen molar-refractivity contribution in [3.63, 3.8) is 0 Å². The lowest BCUT2D eigenvalue weighted by atomic mass is 10.2. The Labute approximate surface area is 137 Å². The van der Waals surface area contributed by atoms with E-state index in [-0.39, 0.29) is 12.6 Å². The van der Waals surface area contributed by atoms with E-state index < -0.39 is 0 Å². The maximum absolute atomic E-state index is 12.1. The Hall–Kier alpha value is -2.69. The average Bonchev–Trinajstić information content (AvgIpc) is 3.01. The van der Waals surface area contributed by atoms with Gasteiger partial charge in [0.05, 0.1) is 5.52 Å². The van der Waals surface area contributed by atoms with E-state index in [1.165, 1.54) is 0 Å². The van der Waals surface area contributed by atoms with Crippen molar-refractivity contribution in [3.8, 4) is 0 Å². The van der Waals surface area contributed by atoms with Gasteiger partial charge in [0.25, 0.3) is 5.91 Å². The van der Waals surface area contributed by atoms with Gasteiger partial charge in [0, 0.05) is 5.57 Å². The van der Waals surface area contributed by atoms with Gasteiger partial charge in [-0.25, -0.2) is 4.68 Å². The van der Waals surface area contributed by atoms with Crippen LogP contribution in [0.3, 0.4) is 0 Å². The van der Waals surface area contributed by atoms with E-state index in [1.54, 1.807) is 16.8 Å². The Morgan fingerprint density at radius 3 is 2.65 bits per heavy atom. The van der Waals surface area contributed by atoms with Gasteiger partial charge in [-0.2, -0.15) is 0 Å². The molecule has 1 aromatic heterocycles. The molecule has 0 atom stereocenters. The van der Waals surface area contributed by atoms with Crippen LogP contribution in [0.15, 0.2) is 60.2 Å². The number of fused-ring (bicyclic) bond motifs is 1. The molecule has 0 saturated carbocycles. The first-order chi connectivity index (χ1) is 11.3. The first-order valence-corrected chi connectivity index (χ1v) is 7.78. The van der Waals surface area contributed by atoms with Gasteiger partial charge in [-0.05, 0) is 32.1 Å². The number of carbonyl (C=O) groups is 1. The van der Waals surface area contributed by atoms with Crippen LogP contribution in [-0.4, -0.2) is 20.9 Å². The van der Waals surface area contributed by atoms with Crippen LogP contribution in [0, 0.1) is 0 Å². The molecule has 0 radical (unpaired) electrons. The molecule has 2 aromatic rings. The smallest absolute Gasteiger partial charge is 0.252 e. The summed E-state index contributed by atoms with van der Waals surface area (Å²) in [5.41, 5.74) is 2.30. The number of benzene rings is 1. The second-order valence-corrected chi connectivity index (χ2v) is 4.39. The van der Waals surface area contributed by atoms with E-state index in [9.17, 15) is 4.79 Å². The first-order valence-electron chi connectivity index (χ1n) is 7.78. The molecule has 1 amide bonds. The standard InChI is InChI=1S/C16H18N4O.C2H6/c1-3-5-9-13(8-4-2)16(21)17-12-20-15-11-7-6-10-14(15)18-19-20;1-2/h3-11H,12H2,1-2H3,(H,17,21);1-2H3/b5-3-,8-4-,13-9+;. The molecular weight excluding hydrogens is 288 g/mol. The molecule has 1 heterocycles. The van der Waals surface area contributed by atoms with E-state index in [4.69, 9.17) is 0 Å². The number of aromatic nitrogens is 3. The zero-order valence-electron chi connectivity index (χ0n) is 14.2. The van der Waals surface area contributed by atoms with Crippen molar-refractivity contribution in [2.24, 2.45) is 0 Å². The van der Waals surface area contributed by atoms with Gasteiger partial charge < -0.3 is 5.32 Å². The number of allylic oxidation sites excluding steroid dienone is 4. The molecule has 0 saturated heterocycles. The van der Waals surface area contributed by atoms with Gasteiger partial charge in [-0.15, -0.1) is 5.10 Å². The zero-order valence-corrected chi connectivity index (χ0v) is 14.2. The lowest BCUT2D eigenvalue weighted by Crippen LogP contribution is -2.27. The predicted octanol–water partition coefficient (Wildman–Crippen LogP) is 3.61. The van der Waals surface area contributed by atoms with Crippen LogP contribution < -0.4 is 5.32 Å². The molecule has 5 nitrogen and oxygen atoms in total. The molecule has 0 fully saturated rings. The fourth-order valence-corrected chi connectivity index (χ4v) is 1.87. The highest BCUT2D eigenvalue weighted by molar-refractivity contribution is 5.96. The van der Waals surface area contributed by atoms with Gasteiger partial charge in [0.1, 0.15) is 12.2 Å². The van der Waals surface area contributed by atoms with E-state index in [0.29, 0.717) is 5.57 Å². The number of para-hydroxylation sites is 1. The zero-order chi connectivity index (χ0) is 17.1. The van der Waals surface area contributed by atoms with Crippen LogP contribution in [0.2, 0.25) is 0 Å². The Kier molecular flexibility index (Phi) is 8.07. The predicted molar refractivity (Wildman–Crippen MR) is 94.7 cm³/mol. The third-order valence-corrected chi connectivity index (χ3v) is 2.89. The SMILES string of the molecule is CC.C\C=C/C=C(\C=C/C)C(=O)NCn1nnc2ccccc21. The summed E-state index contributed by atoms with van der Waals surface area (Å²) in [6.45, 7) is 8.06. The van der Waals surface area contributed by atoms with Crippen LogP contribution in [0.1, 0.15) is 27.7 Å². The molecule has 5 heteroatoms. The maximum atomic E-state index is 12.1. The average molecular weight is 312 g/mol. The molecule has 2 rings (SSSR count). The summed E-state index contributed by atoms with van der Waals surface area (Å²) < 4.78 is 1.66. The third kappa shape index (κ3) is 5.21. The van der Waals surface area contributed by atoms with Crippen molar-refractivity contribution in [1.82, 2.24) is 20.3 Å². The van der Waals surface area contributed by atoms with Gasteiger partial charge in [-0.1, -0.05) is 55.5 Å². The molecule has 122 valence electrons. The summed E-state index contributed by atoms with van der Waals surface area (Å²) in [5.74, 6) is -0.147. The minimum absolute atomic E-state index is 0.147. The molecular formula is C18H24N4O. The van der Waals surface area contributed by atoms with Crippen LogP contribution in [0.4, 0.5) is 0 Å². The fraction of sp³-hybridized carbons (Fsp3) is 0.278. The van der Waals surface area contributed by atoms with Gasteiger partial charge >= 0.3 is 0 Å². The molecule has 1 aromatic carbocycles. The van der Waals surface area contributed by atoms with Crippen LogP contribution in [-0.2, 0) is 11.5 Å². The quantitative estimate of drug-likeness (QED) is 0.677. The van der Waals surface area contributed by atoms with Crippen molar-refractivity contribution < 1.29 is 4.79 Å². The maximum Gasteiger partial charge on any atom is 0.252 e. The number of carbonyl (C=O) groups excluding carboxylic acids is 1. The van der Waals surface area contributed by atoms with Gasteiger partial charge in [0.2, 0.25) is 0 Å². The van der Waals surface area contributed by atoms with Crippen LogP contribution in [0.5, 0.6) is 0 Å². The van der Waals surface area contributed by atoms with E-state index in [0.717, 1.165) is 11.0 Å². The number of nitrogens with zero attached hydrogens (tertiary/aromatic N) is 3. The highest BCUT2D eigenvalue weighted by Gasteiger charge is 2.07. The second-order valence-electron chi connectivity index (χ2n) is 4.39. The molecule has 0 aliphatic heterocycles. The molecule has 0 spiro atoms. The van der Waals surface area contributed by atoms with E-state index >= 15 is 0 Å². The Balaban J connectivity index is 0.00000127. The third-order valence-electron chi connectivity index (χ3n) is 2.89. The second kappa shape index (κ2) is 10.1. The highest BCUT2D eigenvalue weighted by atomic mass is 16.1. The molecule has 0 aliphatic rings. The summed E-state index contributed by atoms with van der Waals surface area (Å²) in [6, 6.07) is 7.63. The van der Waals surface area contributed by atoms with E-state index in [1.807, 2.05) is 70.2 Å². The van der Waals surface area contributed by atoms with Crippen molar-refractivity contribution in [2.45, 2.75) is 34.4 Å². The lowest BCUT2D eigenvalue weighted by Gasteiger charge is -2.06. The van der Waals surface area contributed by atoms with Crippen molar-refractivity contribution in [1.29, 1.82) is 0 Å². The topological polar surface area (TPSA) is 59.8 Å². The first kappa shape index (κ1) is 18.4. The van der Waals surface area contributed by atoms with Crippen molar-refractivity contribution >= 4 is 16.9 Å². The normalized spacial score (nSPS) is 11.7. The van der Waals surface area contributed by atoms with Crippen LogP contribution >= 0.6 is 0 Å². The monoisotopic (exact) mass is 312 g/mol. The highest BCUT2D eigenvalue weighted by Crippen LogP contribution is 2.08. The van der Waals surface area contributed by atoms with E-state index in [2.05, 4.69) is 15.6 Å². The number of hydrogen-bond acceptors (Lipinski definition) is 3. The summed E-state index contributed by atoms with van der Waals surface area (Å²) in [7, 11) is 0. The molecule has 0 unspecified atom stereocenters. The molecule has 0 bridgehead atoms. The number of amides is 1. The summed E-state index contributed by atoms with van der Waals surface area (Å²) in [4.78, 5) is 12.1. The molecule has 23 heavy (non-hydrogen) atoms. The van der Waals surface area contributed by atoms with Crippen molar-refractivity contribution in [2.75, 3.05) is 0 Å². The summed E-state index contributed by atoms with van der Waals surface area (Å²) >= 11 is 0. The largest absolute Gasteiger partial charge is 0.333 e. The Morgan fingerprint density at radius 1 is 1.22 bits per heavy atom. The van der Waals surface area contributed by atoms with Crippen molar-refractivity contribution in [3.05, 3.63) is 60.2 Å². The lowest BCUT2D eigenvalue weighted by molar-refractivity contribution is -0.117. The Bertz CT molecular complexity index is 711.